The molecule has 1 aromatic heterocycles. The van der Waals surface area contributed by atoms with Crippen molar-refractivity contribution in [2.45, 2.75) is 25.8 Å². The maximum Gasteiger partial charge on any atom is 0.252 e. The number of hydrogen-bond donors (Lipinski definition) is 2. The van der Waals surface area contributed by atoms with E-state index < -0.39 is 5.91 Å². The molecule has 5 nitrogen and oxygen atoms in total. The normalized spacial score (nSPS) is 19.2. The molecule has 1 amide bonds. The van der Waals surface area contributed by atoms with Gasteiger partial charge in [0.05, 0.1) is 5.56 Å². The van der Waals surface area contributed by atoms with Crippen LogP contribution in [0, 0.1) is 6.92 Å². The predicted octanol–water partition coefficient (Wildman–Crippen LogP) is 0.677. The minimum atomic E-state index is -0.397. The summed E-state index contributed by atoms with van der Waals surface area (Å²) in [6.07, 6.45) is 3.99. The topological polar surface area (TPSA) is 71.2 Å². The van der Waals surface area contributed by atoms with Crippen LogP contribution in [-0.4, -0.2) is 37.1 Å². The summed E-state index contributed by atoms with van der Waals surface area (Å²) in [5, 5.41) is 3.19. The summed E-state index contributed by atoms with van der Waals surface area (Å²) in [5.74, 6) is 0.339. The monoisotopic (exact) mass is 248 g/mol. The first-order valence-electron chi connectivity index (χ1n) is 6.31. The largest absolute Gasteiger partial charge is 0.365 e. The number of aromatic nitrogens is 1. The maximum atomic E-state index is 11.6. The lowest BCUT2D eigenvalue weighted by molar-refractivity contribution is 0.1000. The number of anilines is 1. The van der Waals surface area contributed by atoms with E-state index in [1.807, 2.05) is 20.0 Å². The predicted molar refractivity (Wildman–Crippen MR) is 71.8 cm³/mol. The second kappa shape index (κ2) is 5.35. The number of primary amides is 1. The highest BCUT2D eigenvalue weighted by Crippen LogP contribution is 2.27. The van der Waals surface area contributed by atoms with E-state index >= 15 is 0 Å². The van der Waals surface area contributed by atoms with E-state index in [1.54, 1.807) is 6.20 Å². The van der Waals surface area contributed by atoms with Crippen LogP contribution in [0.2, 0.25) is 0 Å². The SMILES string of the molecule is CNCC1CCCN1c1nccc(C)c1C(N)=O. The van der Waals surface area contributed by atoms with Gasteiger partial charge in [0.25, 0.3) is 5.91 Å². The molecule has 0 aromatic carbocycles. The molecule has 1 fully saturated rings. The van der Waals surface area contributed by atoms with Gasteiger partial charge in [0.15, 0.2) is 0 Å². The minimum Gasteiger partial charge on any atom is -0.365 e. The molecular weight excluding hydrogens is 228 g/mol. The van der Waals surface area contributed by atoms with E-state index in [0.717, 1.165) is 37.3 Å². The number of rotatable bonds is 4. The molecule has 0 bridgehead atoms. The zero-order valence-corrected chi connectivity index (χ0v) is 10.9. The Balaban J connectivity index is 2.38. The molecule has 0 aliphatic carbocycles. The van der Waals surface area contributed by atoms with Crippen molar-refractivity contribution in [2.24, 2.45) is 5.73 Å². The summed E-state index contributed by atoms with van der Waals surface area (Å²) in [6, 6.07) is 2.22. The van der Waals surface area contributed by atoms with Gasteiger partial charge >= 0.3 is 0 Å². The quantitative estimate of drug-likeness (QED) is 0.822. The van der Waals surface area contributed by atoms with Gasteiger partial charge < -0.3 is 16.0 Å². The van der Waals surface area contributed by atoms with Gasteiger partial charge in [0, 0.05) is 25.3 Å². The molecule has 0 saturated carbocycles. The highest BCUT2D eigenvalue weighted by Gasteiger charge is 2.28. The van der Waals surface area contributed by atoms with E-state index in [-0.39, 0.29) is 0 Å². The van der Waals surface area contributed by atoms with Crippen molar-refractivity contribution in [1.82, 2.24) is 10.3 Å². The van der Waals surface area contributed by atoms with Crippen LogP contribution in [0.4, 0.5) is 5.82 Å². The Morgan fingerprint density at radius 2 is 2.44 bits per heavy atom. The Labute approximate surface area is 107 Å². The molecule has 1 aliphatic heterocycles. The first-order chi connectivity index (χ1) is 8.65. The van der Waals surface area contributed by atoms with Gasteiger partial charge in [-0.25, -0.2) is 4.98 Å². The third-order valence-corrected chi connectivity index (χ3v) is 3.47. The van der Waals surface area contributed by atoms with Gasteiger partial charge in [0.1, 0.15) is 5.82 Å². The van der Waals surface area contributed by atoms with Crippen molar-refractivity contribution in [3.8, 4) is 0 Å². The number of hydrogen-bond acceptors (Lipinski definition) is 4. The van der Waals surface area contributed by atoms with Crippen LogP contribution in [0.5, 0.6) is 0 Å². The molecule has 98 valence electrons. The molecule has 1 unspecified atom stereocenters. The van der Waals surface area contributed by atoms with Crippen LogP contribution in [0.15, 0.2) is 12.3 Å². The van der Waals surface area contributed by atoms with Crippen molar-refractivity contribution < 1.29 is 4.79 Å². The molecule has 0 spiro atoms. The number of amides is 1. The highest BCUT2D eigenvalue weighted by molar-refractivity contribution is 5.99. The smallest absolute Gasteiger partial charge is 0.252 e. The van der Waals surface area contributed by atoms with Gasteiger partial charge in [-0.1, -0.05) is 0 Å². The van der Waals surface area contributed by atoms with Gasteiger partial charge in [-0.15, -0.1) is 0 Å². The van der Waals surface area contributed by atoms with Crippen molar-refractivity contribution >= 4 is 11.7 Å². The van der Waals surface area contributed by atoms with E-state index in [0.29, 0.717) is 11.6 Å². The number of nitrogens with zero attached hydrogens (tertiary/aromatic N) is 2. The fourth-order valence-corrected chi connectivity index (χ4v) is 2.63. The second-order valence-corrected chi connectivity index (χ2v) is 4.74. The summed E-state index contributed by atoms with van der Waals surface area (Å²) >= 11 is 0. The lowest BCUT2D eigenvalue weighted by atomic mass is 10.1. The fourth-order valence-electron chi connectivity index (χ4n) is 2.63. The Morgan fingerprint density at radius 3 is 3.11 bits per heavy atom. The Bertz CT molecular complexity index is 447. The molecule has 1 saturated heterocycles. The summed E-state index contributed by atoms with van der Waals surface area (Å²) in [4.78, 5) is 18.2. The van der Waals surface area contributed by atoms with Crippen LogP contribution in [0.3, 0.4) is 0 Å². The highest BCUT2D eigenvalue weighted by atomic mass is 16.1. The van der Waals surface area contributed by atoms with Crippen LogP contribution >= 0.6 is 0 Å². The molecule has 2 rings (SSSR count). The maximum absolute atomic E-state index is 11.6. The van der Waals surface area contributed by atoms with Crippen molar-refractivity contribution in [2.75, 3.05) is 25.0 Å². The van der Waals surface area contributed by atoms with Crippen LogP contribution in [-0.2, 0) is 0 Å². The average Bonchev–Trinajstić information content (AvgIpc) is 2.76. The number of carbonyl (C=O) groups excluding carboxylic acids is 1. The van der Waals surface area contributed by atoms with E-state index in [9.17, 15) is 4.79 Å². The standard InChI is InChI=1S/C13H20N4O/c1-9-5-6-16-13(11(9)12(14)18)17-7-3-4-10(17)8-15-2/h5-6,10,15H,3-4,7-8H2,1-2H3,(H2,14,18). The average molecular weight is 248 g/mol. The third-order valence-electron chi connectivity index (χ3n) is 3.47. The van der Waals surface area contributed by atoms with Gasteiger partial charge in [-0.05, 0) is 38.4 Å². The summed E-state index contributed by atoms with van der Waals surface area (Å²) < 4.78 is 0. The summed E-state index contributed by atoms with van der Waals surface area (Å²) in [6.45, 7) is 3.73. The van der Waals surface area contributed by atoms with Gasteiger partial charge in [0.2, 0.25) is 0 Å². The number of pyridine rings is 1. The zero-order chi connectivity index (χ0) is 13.1. The van der Waals surface area contributed by atoms with Crippen molar-refractivity contribution in [1.29, 1.82) is 0 Å². The lowest BCUT2D eigenvalue weighted by Crippen LogP contribution is -2.38. The third kappa shape index (κ3) is 2.31. The van der Waals surface area contributed by atoms with Crippen LogP contribution in [0.1, 0.15) is 28.8 Å². The molecule has 18 heavy (non-hydrogen) atoms. The van der Waals surface area contributed by atoms with Crippen molar-refractivity contribution in [3.63, 3.8) is 0 Å². The van der Waals surface area contributed by atoms with E-state index in [4.69, 9.17) is 5.73 Å². The lowest BCUT2D eigenvalue weighted by Gasteiger charge is -2.27. The molecule has 1 atom stereocenters. The van der Waals surface area contributed by atoms with E-state index in [1.165, 1.54) is 0 Å². The fraction of sp³-hybridized carbons (Fsp3) is 0.538. The van der Waals surface area contributed by atoms with Gasteiger partial charge in [-0.3, -0.25) is 4.79 Å². The Kier molecular flexibility index (Phi) is 3.81. The van der Waals surface area contributed by atoms with Gasteiger partial charge in [-0.2, -0.15) is 0 Å². The Hall–Kier alpha value is -1.62. The zero-order valence-electron chi connectivity index (χ0n) is 10.9. The number of nitrogens with two attached hydrogens (primary N) is 1. The molecule has 1 aromatic rings. The number of likely N-dealkylation sites (N-methyl/N-ethyl adjacent to an activating group) is 1. The first-order valence-corrected chi connectivity index (χ1v) is 6.31. The van der Waals surface area contributed by atoms with Crippen LogP contribution in [0.25, 0.3) is 0 Å². The molecule has 5 heteroatoms. The molecule has 3 N–H and O–H groups in total. The first kappa shape index (κ1) is 12.8. The van der Waals surface area contributed by atoms with Crippen LogP contribution < -0.4 is 16.0 Å². The summed E-state index contributed by atoms with van der Waals surface area (Å²) in [7, 11) is 1.94. The van der Waals surface area contributed by atoms with Crippen molar-refractivity contribution in [3.05, 3.63) is 23.4 Å². The number of carbonyl (C=O) groups is 1. The number of nitrogens with one attached hydrogen (secondary N) is 1. The second-order valence-electron chi connectivity index (χ2n) is 4.74. The molecular formula is C13H20N4O. The number of aryl methyl sites for hydroxylation is 1. The molecule has 2 heterocycles. The van der Waals surface area contributed by atoms with E-state index in [2.05, 4.69) is 15.2 Å². The summed E-state index contributed by atoms with van der Waals surface area (Å²) in [5.41, 5.74) is 6.93. The Morgan fingerprint density at radius 1 is 1.67 bits per heavy atom. The molecule has 0 radical (unpaired) electrons. The molecule has 1 aliphatic rings. The minimum absolute atomic E-state index is 0.391.